The van der Waals surface area contributed by atoms with E-state index in [0.717, 1.165) is 12.8 Å². The van der Waals surface area contributed by atoms with Crippen LogP contribution in [0.15, 0.2) is 0 Å². The molecule has 1 unspecified atom stereocenters. The van der Waals surface area contributed by atoms with Gasteiger partial charge in [-0.15, -0.1) is 11.6 Å². The fourth-order valence-corrected chi connectivity index (χ4v) is 2.30. The fourth-order valence-electron chi connectivity index (χ4n) is 1.88. The lowest BCUT2D eigenvalue weighted by atomic mass is 9.82. The highest BCUT2D eigenvalue weighted by Crippen LogP contribution is 2.29. The molecule has 1 N–H and O–H groups in total. The van der Waals surface area contributed by atoms with E-state index in [9.17, 15) is 4.79 Å². The molecule has 1 saturated carbocycles. The van der Waals surface area contributed by atoms with Crippen molar-refractivity contribution < 1.29 is 4.79 Å². The van der Waals surface area contributed by atoms with Crippen molar-refractivity contribution in [2.24, 2.45) is 5.92 Å². The Balaban J connectivity index is 2.32. The molecule has 0 radical (unpaired) electrons. The van der Waals surface area contributed by atoms with Gasteiger partial charge in [0.15, 0.2) is 0 Å². The van der Waals surface area contributed by atoms with Gasteiger partial charge in [-0.25, -0.2) is 0 Å². The molecule has 0 heterocycles. The van der Waals surface area contributed by atoms with E-state index in [0.29, 0.717) is 18.2 Å². The van der Waals surface area contributed by atoms with Crippen LogP contribution < -0.4 is 5.32 Å². The zero-order valence-electron chi connectivity index (χ0n) is 9.81. The molecule has 1 aliphatic carbocycles. The van der Waals surface area contributed by atoms with Gasteiger partial charge in [0.1, 0.15) is 0 Å². The Kier molecular flexibility index (Phi) is 4.91. The molecule has 1 fully saturated rings. The van der Waals surface area contributed by atoms with Crippen LogP contribution >= 0.6 is 11.6 Å². The van der Waals surface area contributed by atoms with Gasteiger partial charge in [0.2, 0.25) is 5.91 Å². The molecule has 2 nitrogen and oxygen atoms in total. The molecule has 1 aliphatic rings. The summed E-state index contributed by atoms with van der Waals surface area (Å²) in [7, 11) is 0. The second-order valence-electron chi connectivity index (χ2n) is 4.90. The van der Waals surface area contributed by atoms with E-state index in [2.05, 4.69) is 19.2 Å². The Morgan fingerprint density at radius 1 is 1.53 bits per heavy atom. The van der Waals surface area contributed by atoms with Crippen molar-refractivity contribution >= 4 is 17.5 Å². The first-order valence-corrected chi connectivity index (χ1v) is 6.50. The van der Waals surface area contributed by atoms with Gasteiger partial charge in [0.25, 0.3) is 0 Å². The molecule has 3 heteroatoms. The lowest BCUT2D eigenvalue weighted by molar-refractivity contribution is -0.124. The molecule has 0 aromatic rings. The molecule has 1 atom stereocenters. The molecule has 0 aromatic carbocycles. The molecule has 88 valence electrons. The maximum atomic E-state index is 11.7. The van der Waals surface area contributed by atoms with Crippen LogP contribution in [-0.4, -0.2) is 17.3 Å². The summed E-state index contributed by atoms with van der Waals surface area (Å²) in [5.41, 5.74) is -0.109. The van der Waals surface area contributed by atoms with Crippen LogP contribution in [-0.2, 0) is 4.79 Å². The van der Waals surface area contributed by atoms with E-state index in [1.165, 1.54) is 19.3 Å². The Morgan fingerprint density at radius 3 is 2.60 bits per heavy atom. The molecular formula is C12H22ClNO. The number of rotatable bonds is 6. The van der Waals surface area contributed by atoms with Crippen molar-refractivity contribution in [3.8, 4) is 0 Å². The fraction of sp³-hybridized carbons (Fsp3) is 0.917. The summed E-state index contributed by atoms with van der Waals surface area (Å²) in [5.74, 6) is 1.45. The van der Waals surface area contributed by atoms with Crippen molar-refractivity contribution in [2.45, 2.75) is 57.9 Å². The van der Waals surface area contributed by atoms with Crippen LogP contribution in [0.5, 0.6) is 0 Å². The van der Waals surface area contributed by atoms with Gasteiger partial charge in [0.05, 0.1) is 0 Å². The third-order valence-electron chi connectivity index (χ3n) is 3.57. The Bertz CT molecular complexity index is 216. The summed E-state index contributed by atoms with van der Waals surface area (Å²) in [6.45, 7) is 4.17. The first-order chi connectivity index (χ1) is 7.09. The highest BCUT2D eigenvalue weighted by atomic mass is 35.5. The van der Waals surface area contributed by atoms with Crippen LogP contribution in [0.4, 0.5) is 0 Å². The first-order valence-electron chi connectivity index (χ1n) is 5.96. The second kappa shape index (κ2) is 5.74. The predicted octanol–water partition coefficient (Wildman–Crippen LogP) is 3.09. The van der Waals surface area contributed by atoms with E-state index in [4.69, 9.17) is 11.6 Å². The standard InChI is InChI=1S/C12H22ClNO/c1-3-12(2,7-8-13)14-11(15)9-10-5-4-6-10/h10H,3-9H2,1-2H3,(H,14,15). The number of nitrogens with one attached hydrogen (secondary N) is 1. The van der Waals surface area contributed by atoms with Crippen LogP contribution in [0.3, 0.4) is 0 Å². The van der Waals surface area contributed by atoms with Crippen molar-refractivity contribution in [1.82, 2.24) is 5.32 Å². The molecule has 0 bridgehead atoms. The van der Waals surface area contributed by atoms with Crippen LogP contribution in [0.1, 0.15) is 52.4 Å². The average Bonchev–Trinajstić information content (AvgIpc) is 2.12. The zero-order valence-corrected chi connectivity index (χ0v) is 10.6. The van der Waals surface area contributed by atoms with Gasteiger partial charge in [-0.05, 0) is 38.5 Å². The maximum Gasteiger partial charge on any atom is 0.220 e. The predicted molar refractivity (Wildman–Crippen MR) is 64.1 cm³/mol. The van der Waals surface area contributed by atoms with Gasteiger partial charge in [-0.3, -0.25) is 4.79 Å². The minimum absolute atomic E-state index is 0.109. The summed E-state index contributed by atoms with van der Waals surface area (Å²) >= 11 is 5.74. The van der Waals surface area contributed by atoms with Crippen molar-refractivity contribution in [1.29, 1.82) is 0 Å². The van der Waals surface area contributed by atoms with Crippen molar-refractivity contribution in [3.63, 3.8) is 0 Å². The highest BCUT2D eigenvalue weighted by Gasteiger charge is 2.26. The second-order valence-corrected chi connectivity index (χ2v) is 5.28. The zero-order chi connectivity index (χ0) is 11.3. The topological polar surface area (TPSA) is 29.1 Å². The molecule has 0 aromatic heterocycles. The summed E-state index contributed by atoms with van der Waals surface area (Å²) in [6, 6.07) is 0. The van der Waals surface area contributed by atoms with Gasteiger partial charge >= 0.3 is 0 Å². The number of amides is 1. The Labute approximate surface area is 97.8 Å². The average molecular weight is 232 g/mol. The van der Waals surface area contributed by atoms with Gasteiger partial charge in [0, 0.05) is 17.8 Å². The normalized spacial score (nSPS) is 20.5. The number of carbonyl (C=O) groups is 1. The van der Waals surface area contributed by atoms with E-state index in [-0.39, 0.29) is 11.4 Å². The number of alkyl halides is 1. The number of hydrogen-bond donors (Lipinski definition) is 1. The number of carbonyl (C=O) groups excluding carboxylic acids is 1. The first kappa shape index (κ1) is 12.8. The minimum Gasteiger partial charge on any atom is -0.351 e. The third kappa shape index (κ3) is 4.02. The highest BCUT2D eigenvalue weighted by molar-refractivity contribution is 6.17. The maximum absolute atomic E-state index is 11.7. The molecule has 0 aliphatic heterocycles. The van der Waals surface area contributed by atoms with Crippen molar-refractivity contribution in [2.75, 3.05) is 5.88 Å². The minimum atomic E-state index is -0.109. The quantitative estimate of drug-likeness (QED) is 0.700. The van der Waals surface area contributed by atoms with Crippen molar-refractivity contribution in [3.05, 3.63) is 0 Å². The lowest BCUT2D eigenvalue weighted by Crippen LogP contribution is -2.46. The molecule has 1 amide bonds. The Hall–Kier alpha value is -0.240. The molecule has 1 rings (SSSR count). The Morgan fingerprint density at radius 2 is 2.20 bits per heavy atom. The van der Waals surface area contributed by atoms with Gasteiger partial charge in [-0.1, -0.05) is 13.3 Å². The summed E-state index contributed by atoms with van der Waals surface area (Å²) in [6.07, 6.45) is 6.25. The molecule has 0 saturated heterocycles. The van der Waals surface area contributed by atoms with Gasteiger partial charge in [-0.2, -0.15) is 0 Å². The van der Waals surface area contributed by atoms with E-state index < -0.39 is 0 Å². The van der Waals surface area contributed by atoms with E-state index in [1.54, 1.807) is 0 Å². The van der Waals surface area contributed by atoms with E-state index >= 15 is 0 Å². The number of hydrogen-bond acceptors (Lipinski definition) is 1. The number of halogens is 1. The smallest absolute Gasteiger partial charge is 0.220 e. The summed E-state index contributed by atoms with van der Waals surface area (Å²) < 4.78 is 0. The molecular weight excluding hydrogens is 210 g/mol. The van der Waals surface area contributed by atoms with E-state index in [1.807, 2.05) is 0 Å². The van der Waals surface area contributed by atoms with Crippen LogP contribution in [0.2, 0.25) is 0 Å². The third-order valence-corrected chi connectivity index (χ3v) is 3.76. The van der Waals surface area contributed by atoms with Crippen LogP contribution in [0, 0.1) is 5.92 Å². The lowest BCUT2D eigenvalue weighted by Gasteiger charge is -2.31. The van der Waals surface area contributed by atoms with Crippen LogP contribution in [0.25, 0.3) is 0 Å². The molecule has 0 spiro atoms. The molecule has 15 heavy (non-hydrogen) atoms. The monoisotopic (exact) mass is 231 g/mol. The SMILES string of the molecule is CCC(C)(CCCl)NC(=O)CC1CCC1. The largest absolute Gasteiger partial charge is 0.351 e. The summed E-state index contributed by atoms with van der Waals surface area (Å²) in [5, 5.41) is 3.12. The summed E-state index contributed by atoms with van der Waals surface area (Å²) in [4.78, 5) is 11.7. The van der Waals surface area contributed by atoms with Gasteiger partial charge < -0.3 is 5.32 Å².